The first-order valence-electron chi connectivity index (χ1n) is 11.5. The molecule has 0 bridgehead atoms. The van der Waals surface area contributed by atoms with E-state index in [0.717, 1.165) is 40.6 Å². The predicted octanol–water partition coefficient (Wildman–Crippen LogP) is 7.21. The Morgan fingerprint density at radius 3 is 2.48 bits per heavy atom. The maximum Gasteiger partial charge on any atom is 0.262 e. The number of nitrogens with one attached hydrogen (secondary N) is 1. The van der Waals surface area contributed by atoms with Crippen molar-refractivity contribution in [2.75, 3.05) is 11.9 Å². The van der Waals surface area contributed by atoms with Crippen LogP contribution in [-0.4, -0.2) is 12.5 Å². The highest BCUT2D eigenvalue weighted by molar-refractivity contribution is 7.73. The van der Waals surface area contributed by atoms with Gasteiger partial charge in [0.05, 0.1) is 9.39 Å². The van der Waals surface area contributed by atoms with Crippen molar-refractivity contribution in [3.05, 3.63) is 50.3 Å². The Labute approximate surface area is 207 Å². The number of rotatable bonds is 6. The fourth-order valence-electron chi connectivity index (χ4n) is 4.89. The molecule has 2 aromatic rings. The van der Waals surface area contributed by atoms with Gasteiger partial charge in [0.1, 0.15) is 16.8 Å². The van der Waals surface area contributed by atoms with Crippen LogP contribution in [0.2, 0.25) is 0 Å². The van der Waals surface area contributed by atoms with Gasteiger partial charge in [0.2, 0.25) is 0 Å². The van der Waals surface area contributed by atoms with Crippen molar-refractivity contribution in [2.45, 2.75) is 72.6 Å². The van der Waals surface area contributed by atoms with Crippen LogP contribution in [0.4, 0.5) is 5.00 Å². The molecule has 6 heteroatoms. The lowest BCUT2D eigenvalue weighted by molar-refractivity contribution is -0.118. The summed E-state index contributed by atoms with van der Waals surface area (Å²) in [6.07, 6.45) is 3.83. The van der Waals surface area contributed by atoms with Crippen molar-refractivity contribution in [2.24, 2.45) is 11.3 Å². The van der Waals surface area contributed by atoms with E-state index >= 15 is 0 Å². The molecule has 0 spiro atoms. The predicted molar refractivity (Wildman–Crippen MR) is 139 cm³/mol. The first-order valence-corrected chi connectivity index (χ1v) is 12.7. The van der Waals surface area contributed by atoms with E-state index in [4.69, 9.17) is 17.0 Å². The van der Waals surface area contributed by atoms with Crippen LogP contribution in [0.1, 0.15) is 76.6 Å². The standard InChI is InChI=1S/C27H34N2O2S2/c1-17-7-12-20-21(13-17)25(32)33-24(22(20)14-28)29-23(30)15-31-19-10-8-18(9-11-19)27(5,6)16-26(2,3)4/h8-11,17H,7,12-13,15-16H2,1-6H3,(H,29,30). The number of fused-ring (bicyclic) bond motifs is 1. The molecule has 4 nitrogen and oxygen atoms in total. The second-order valence-electron chi connectivity index (χ2n) is 11.0. The van der Waals surface area contributed by atoms with Crippen LogP contribution in [-0.2, 0) is 23.1 Å². The number of nitrogens with zero attached hydrogens (tertiary/aromatic N) is 1. The van der Waals surface area contributed by atoms with Crippen molar-refractivity contribution in [3.63, 3.8) is 0 Å². The summed E-state index contributed by atoms with van der Waals surface area (Å²) in [4.78, 5) is 12.6. The van der Waals surface area contributed by atoms with E-state index in [2.05, 4.69) is 65.1 Å². The number of hydrogen-bond acceptors (Lipinski definition) is 5. The Morgan fingerprint density at radius 2 is 1.88 bits per heavy atom. The van der Waals surface area contributed by atoms with Crippen molar-refractivity contribution in [1.82, 2.24) is 0 Å². The second kappa shape index (κ2) is 9.95. The number of carbonyl (C=O) groups is 1. The third kappa shape index (κ3) is 6.43. The van der Waals surface area contributed by atoms with Gasteiger partial charge in [-0.15, -0.1) is 11.3 Å². The molecule has 1 aromatic carbocycles. The number of anilines is 1. The Morgan fingerprint density at radius 1 is 1.21 bits per heavy atom. The zero-order valence-corrected chi connectivity index (χ0v) is 22.1. The molecule has 0 fully saturated rings. The molecule has 0 saturated heterocycles. The minimum Gasteiger partial charge on any atom is -0.484 e. The van der Waals surface area contributed by atoms with E-state index < -0.39 is 0 Å². The SMILES string of the molecule is CC1CCc2c(C#N)c(NC(=O)COc3ccc(C(C)(C)CC(C)(C)C)cc3)sc(=S)c2C1. The maximum atomic E-state index is 12.6. The molecule has 33 heavy (non-hydrogen) atoms. The molecular formula is C27H34N2O2S2. The summed E-state index contributed by atoms with van der Waals surface area (Å²) in [5.41, 5.74) is 4.19. The van der Waals surface area contributed by atoms with E-state index in [1.54, 1.807) is 0 Å². The molecule has 1 atom stereocenters. The van der Waals surface area contributed by atoms with Crippen molar-refractivity contribution >= 4 is 34.5 Å². The normalized spacial score (nSPS) is 16.0. The summed E-state index contributed by atoms with van der Waals surface area (Å²) in [7, 11) is 0. The summed E-state index contributed by atoms with van der Waals surface area (Å²) < 4.78 is 6.49. The molecule has 1 aliphatic rings. The number of hydrogen-bond donors (Lipinski definition) is 1. The van der Waals surface area contributed by atoms with E-state index in [-0.39, 0.29) is 23.3 Å². The van der Waals surface area contributed by atoms with Gasteiger partial charge in [-0.05, 0) is 71.3 Å². The van der Waals surface area contributed by atoms with Crippen LogP contribution in [0.5, 0.6) is 5.75 Å². The van der Waals surface area contributed by atoms with Crippen LogP contribution in [0.25, 0.3) is 0 Å². The zero-order valence-electron chi connectivity index (χ0n) is 20.5. The first kappa shape index (κ1) is 25.4. The third-order valence-electron chi connectivity index (χ3n) is 6.12. The van der Waals surface area contributed by atoms with E-state index in [1.807, 2.05) is 12.1 Å². The molecule has 1 amide bonds. The number of amides is 1. The van der Waals surface area contributed by atoms with Gasteiger partial charge in [0.25, 0.3) is 5.91 Å². The average molecular weight is 483 g/mol. The number of nitriles is 1. The van der Waals surface area contributed by atoms with Crippen molar-refractivity contribution < 1.29 is 9.53 Å². The molecular weight excluding hydrogens is 448 g/mol. The molecule has 1 aliphatic carbocycles. The minimum atomic E-state index is -0.293. The monoisotopic (exact) mass is 482 g/mol. The number of benzene rings is 1. The molecule has 0 radical (unpaired) electrons. The fourth-order valence-corrected chi connectivity index (χ4v) is 6.30. The van der Waals surface area contributed by atoms with Gasteiger partial charge in [0, 0.05) is 0 Å². The third-order valence-corrected chi connectivity index (χ3v) is 7.56. The molecule has 176 valence electrons. The lowest BCUT2D eigenvalue weighted by atomic mass is 9.72. The van der Waals surface area contributed by atoms with Gasteiger partial charge in [0.15, 0.2) is 6.61 Å². The molecule has 1 unspecified atom stereocenters. The van der Waals surface area contributed by atoms with Crippen molar-refractivity contribution in [3.8, 4) is 11.8 Å². The summed E-state index contributed by atoms with van der Waals surface area (Å²) in [6.45, 7) is 13.3. The van der Waals surface area contributed by atoms with Crippen LogP contribution in [0, 0.1) is 26.5 Å². The van der Waals surface area contributed by atoms with Crippen LogP contribution in [0.15, 0.2) is 24.3 Å². The Hall–Kier alpha value is -2.23. The Balaban J connectivity index is 1.66. The van der Waals surface area contributed by atoms with Gasteiger partial charge in [-0.25, -0.2) is 0 Å². The lowest BCUT2D eigenvalue weighted by Gasteiger charge is -2.33. The highest BCUT2D eigenvalue weighted by Gasteiger charge is 2.27. The zero-order chi connectivity index (χ0) is 24.4. The topological polar surface area (TPSA) is 62.1 Å². The summed E-state index contributed by atoms with van der Waals surface area (Å²) in [5, 5.41) is 13.1. The average Bonchev–Trinajstić information content (AvgIpc) is 2.71. The molecule has 0 aliphatic heterocycles. The summed E-state index contributed by atoms with van der Waals surface area (Å²) >= 11 is 6.89. The Kier molecular flexibility index (Phi) is 7.65. The molecule has 0 saturated carbocycles. The minimum absolute atomic E-state index is 0.0510. The van der Waals surface area contributed by atoms with Gasteiger partial charge in [-0.1, -0.05) is 65.9 Å². The van der Waals surface area contributed by atoms with E-state index in [0.29, 0.717) is 22.2 Å². The molecule has 1 heterocycles. The summed E-state index contributed by atoms with van der Waals surface area (Å²) in [6, 6.07) is 10.3. The fraction of sp³-hybridized carbons (Fsp3) is 0.519. The van der Waals surface area contributed by atoms with E-state index in [1.165, 1.54) is 16.9 Å². The highest BCUT2D eigenvalue weighted by atomic mass is 32.1. The molecule has 1 N–H and O–H groups in total. The number of carbonyl (C=O) groups excluding carboxylic acids is 1. The van der Waals surface area contributed by atoms with Gasteiger partial charge >= 0.3 is 0 Å². The molecule has 3 rings (SSSR count). The van der Waals surface area contributed by atoms with Crippen LogP contribution >= 0.6 is 23.6 Å². The lowest BCUT2D eigenvalue weighted by Crippen LogP contribution is -2.24. The maximum absolute atomic E-state index is 12.6. The Bertz CT molecular complexity index is 1120. The van der Waals surface area contributed by atoms with Gasteiger partial charge in [-0.2, -0.15) is 5.26 Å². The quantitative estimate of drug-likeness (QED) is 0.442. The highest BCUT2D eigenvalue weighted by Crippen LogP contribution is 2.37. The second-order valence-corrected chi connectivity index (χ2v) is 12.7. The first-order chi connectivity index (χ1) is 15.4. The van der Waals surface area contributed by atoms with Gasteiger partial charge < -0.3 is 10.1 Å². The summed E-state index contributed by atoms with van der Waals surface area (Å²) in [5.74, 6) is 0.920. The van der Waals surface area contributed by atoms with Gasteiger partial charge in [-0.3, -0.25) is 4.79 Å². The largest absolute Gasteiger partial charge is 0.484 e. The molecule has 1 aromatic heterocycles. The number of ether oxygens (including phenoxy) is 1. The van der Waals surface area contributed by atoms with Crippen LogP contribution in [0.3, 0.4) is 0 Å². The van der Waals surface area contributed by atoms with Crippen LogP contribution < -0.4 is 10.1 Å². The van der Waals surface area contributed by atoms with Crippen molar-refractivity contribution in [1.29, 1.82) is 5.26 Å². The van der Waals surface area contributed by atoms with E-state index in [9.17, 15) is 10.1 Å². The smallest absolute Gasteiger partial charge is 0.262 e.